The van der Waals surface area contributed by atoms with Crippen LogP contribution in [-0.4, -0.2) is 17.2 Å². The summed E-state index contributed by atoms with van der Waals surface area (Å²) in [4.78, 5) is 0. The Kier molecular flexibility index (Phi) is 8.92. The fraction of sp³-hybridized carbons (Fsp3) is 0. The predicted molar refractivity (Wildman–Crippen MR) is 230 cm³/mol. The minimum atomic E-state index is -1.51. The number of benzene rings is 8. The van der Waals surface area contributed by atoms with Gasteiger partial charge in [-0.3, -0.25) is 0 Å². The maximum absolute atomic E-state index is 10.0. The zero-order valence-corrected chi connectivity index (χ0v) is 30.3. The summed E-state index contributed by atoms with van der Waals surface area (Å²) in [6, 6.07) is 65.7. The summed E-state index contributed by atoms with van der Waals surface area (Å²) < 4.78 is 4.76. The molecule has 0 aliphatic carbocycles. The average Bonchev–Trinajstić information content (AvgIpc) is 3.79. The summed E-state index contributed by atoms with van der Waals surface area (Å²) in [7, 11) is -1.51. The first kappa shape index (κ1) is 33.0. The Morgan fingerprint density at radius 3 is 1.04 bits per heavy atom. The molecule has 0 saturated heterocycles. The lowest BCUT2D eigenvalue weighted by atomic mass is 9.78. The lowest BCUT2D eigenvalue weighted by molar-refractivity contribution is 0.426. The van der Waals surface area contributed by atoms with Crippen molar-refractivity contribution in [3.8, 4) is 44.5 Å². The first-order chi connectivity index (χ1) is 26.1. The summed E-state index contributed by atoms with van der Waals surface area (Å²) in [5.41, 5.74) is 10.0. The zero-order chi connectivity index (χ0) is 35.7. The Bertz CT molecular complexity index is 2750. The summed E-state index contributed by atoms with van der Waals surface area (Å²) in [6.45, 7) is 0. The van der Waals surface area contributed by atoms with Gasteiger partial charge in [-0.2, -0.15) is 0 Å². The van der Waals surface area contributed by atoms with Gasteiger partial charge in [0.15, 0.2) is 0 Å². The van der Waals surface area contributed by atoms with Crippen LogP contribution in [0, 0.1) is 0 Å². The highest BCUT2D eigenvalue weighted by Crippen LogP contribution is 2.39. The summed E-state index contributed by atoms with van der Waals surface area (Å²) >= 11 is 3.47. The molecule has 252 valence electrons. The number of rotatable bonds is 5. The van der Waals surface area contributed by atoms with Gasteiger partial charge in [-0.15, -0.1) is 22.7 Å². The topological polar surface area (TPSA) is 40.5 Å². The van der Waals surface area contributed by atoms with Crippen molar-refractivity contribution in [2.45, 2.75) is 0 Å². The molecule has 8 aromatic carbocycles. The van der Waals surface area contributed by atoms with Crippen LogP contribution in [0.3, 0.4) is 0 Å². The van der Waals surface area contributed by atoms with E-state index >= 15 is 0 Å². The predicted octanol–water partition coefficient (Wildman–Crippen LogP) is 12.5. The third-order valence-corrected chi connectivity index (χ3v) is 12.2. The van der Waals surface area contributed by atoms with E-state index in [1.54, 1.807) is 11.3 Å². The minimum absolute atomic E-state index is 0.554. The molecule has 0 radical (unpaired) electrons. The second kappa shape index (κ2) is 14.3. The monoisotopic (exact) mass is 716 g/mol. The Balaban J connectivity index is 0.000000141. The van der Waals surface area contributed by atoms with Gasteiger partial charge in [-0.25, -0.2) is 0 Å². The highest BCUT2D eigenvalue weighted by molar-refractivity contribution is 7.27. The van der Waals surface area contributed by atoms with Crippen LogP contribution in [0.4, 0.5) is 0 Å². The molecule has 2 N–H and O–H groups in total. The Hall–Kier alpha value is -5.82. The third kappa shape index (κ3) is 6.57. The molecule has 2 heterocycles. The average molecular weight is 717 g/mol. The van der Waals surface area contributed by atoms with E-state index < -0.39 is 7.12 Å². The molecular formula is C48H33BO2S2. The highest BCUT2D eigenvalue weighted by atomic mass is 32.1. The van der Waals surface area contributed by atoms with Gasteiger partial charge >= 0.3 is 7.12 Å². The smallest absolute Gasteiger partial charge is 0.423 e. The van der Waals surface area contributed by atoms with Crippen molar-refractivity contribution in [1.82, 2.24) is 0 Å². The molecule has 2 nitrogen and oxygen atoms in total. The maximum atomic E-state index is 10.0. The van der Waals surface area contributed by atoms with Crippen molar-refractivity contribution < 1.29 is 10.0 Å². The quantitative estimate of drug-likeness (QED) is 0.174. The number of hydrogen-bond donors (Lipinski definition) is 2. The number of fused-ring (bicyclic) bond motifs is 6. The molecule has 0 aliphatic rings. The molecule has 0 fully saturated rings. The molecule has 0 amide bonds. The molecule has 0 saturated carbocycles. The van der Waals surface area contributed by atoms with Crippen molar-refractivity contribution in [2.75, 3.05) is 0 Å². The Morgan fingerprint density at radius 1 is 0.302 bits per heavy atom. The fourth-order valence-corrected chi connectivity index (χ4v) is 9.36. The number of hydrogen-bond acceptors (Lipinski definition) is 4. The van der Waals surface area contributed by atoms with Gasteiger partial charge < -0.3 is 10.0 Å². The SMILES string of the molecule is OB(O)c1cc(-c2ccccc2)cc2c1sc1ccc(-c3ccccc3)cc12.c1ccc(-c2ccc3sc4ccc(-c5ccccc5)cc4c3c2)cc1. The lowest BCUT2D eigenvalue weighted by Gasteiger charge is -2.08. The van der Waals surface area contributed by atoms with Crippen LogP contribution in [0.15, 0.2) is 188 Å². The Labute approximate surface area is 316 Å². The normalized spacial score (nSPS) is 11.2. The minimum Gasteiger partial charge on any atom is -0.423 e. The van der Waals surface area contributed by atoms with Crippen LogP contribution in [-0.2, 0) is 0 Å². The first-order valence-electron chi connectivity index (χ1n) is 17.6. The van der Waals surface area contributed by atoms with E-state index in [4.69, 9.17) is 0 Å². The molecule has 10 aromatic rings. The van der Waals surface area contributed by atoms with Gasteiger partial charge in [-0.05, 0) is 87.0 Å². The van der Waals surface area contributed by atoms with Gasteiger partial charge in [0.05, 0.1) is 0 Å². The molecule has 0 spiro atoms. The van der Waals surface area contributed by atoms with Crippen LogP contribution < -0.4 is 5.46 Å². The van der Waals surface area contributed by atoms with E-state index in [0.29, 0.717) is 5.46 Å². The van der Waals surface area contributed by atoms with E-state index in [-0.39, 0.29) is 0 Å². The largest absolute Gasteiger partial charge is 0.489 e. The second-order valence-corrected chi connectivity index (χ2v) is 15.3. The maximum Gasteiger partial charge on any atom is 0.489 e. The van der Waals surface area contributed by atoms with Gasteiger partial charge in [-0.1, -0.05) is 146 Å². The molecule has 0 unspecified atom stereocenters. The molecule has 2 aromatic heterocycles. The summed E-state index contributed by atoms with van der Waals surface area (Å²) in [5, 5.41) is 24.9. The molecular weight excluding hydrogens is 683 g/mol. The van der Waals surface area contributed by atoms with Crippen molar-refractivity contribution in [3.63, 3.8) is 0 Å². The van der Waals surface area contributed by atoms with E-state index in [2.05, 4.69) is 133 Å². The molecule has 53 heavy (non-hydrogen) atoms. The van der Waals surface area contributed by atoms with Crippen LogP contribution in [0.1, 0.15) is 0 Å². The summed E-state index contributed by atoms with van der Waals surface area (Å²) in [6.07, 6.45) is 0. The van der Waals surface area contributed by atoms with Crippen molar-refractivity contribution in [3.05, 3.63) is 188 Å². The van der Waals surface area contributed by atoms with Gasteiger partial charge in [0.2, 0.25) is 0 Å². The molecule has 10 rings (SSSR count). The Morgan fingerprint density at radius 2 is 0.642 bits per heavy atom. The first-order valence-corrected chi connectivity index (χ1v) is 19.3. The van der Waals surface area contributed by atoms with Crippen LogP contribution in [0.2, 0.25) is 0 Å². The molecule has 0 aliphatic heterocycles. The zero-order valence-electron chi connectivity index (χ0n) is 28.7. The molecule has 0 bridgehead atoms. The van der Waals surface area contributed by atoms with E-state index in [1.165, 1.54) is 48.0 Å². The van der Waals surface area contributed by atoms with Crippen molar-refractivity contribution in [1.29, 1.82) is 0 Å². The molecule has 5 heteroatoms. The van der Waals surface area contributed by atoms with E-state index in [9.17, 15) is 10.0 Å². The highest BCUT2D eigenvalue weighted by Gasteiger charge is 2.20. The van der Waals surface area contributed by atoms with Crippen LogP contribution in [0.25, 0.3) is 84.9 Å². The van der Waals surface area contributed by atoms with Crippen LogP contribution >= 0.6 is 22.7 Å². The van der Waals surface area contributed by atoms with Crippen molar-refractivity contribution in [2.24, 2.45) is 0 Å². The van der Waals surface area contributed by atoms with Gasteiger partial charge in [0, 0.05) is 45.8 Å². The van der Waals surface area contributed by atoms with E-state index in [1.807, 2.05) is 65.9 Å². The second-order valence-electron chi connectivity index (χ2n) is 13.1. The van der Waals surface area contributed by atoms with Gasteiger partial charge in [0.1, 0.15) is 0 Å². The summed E-state index contributed by atoms with van der Waals surface area (Å²) in [5.74, 6) is 0. The fourth-order valence-electron chi connectivity index (χ4n) is 7.10. The third-order valence-electron chi connectivity index (χ3n) is 9.78. The molecule has 0 atom stereocenters. The number of thiophene rings is 2. The standard InChI is InChI=1S/C24H17BO2S.C24H16S/c26-25(27)22-15-19(17-9-5-2-6-10-17)14-21-20-13-18(16-7-3-1-4-8-16)11-12-23(20)28-24(21)22;1-3-7-17(8-4-1)19-11-13-23-21(15-19)22-16-20(12-14-24(22)25-23)18-9-5-2-6-10-18/h1-15,26-27H;1-16H. The van der Waals surface area contributed by atoms with Gasteiger partial charge in [0.25, 0.3) is 0 Å². The van der Waals surface area contributed by atoms with Crippen LogP contribution in [0.5, 0.6) is 0 Å². The lowest BCUT2D eigenvalue weighted by Crippen LogP contribution is -2.30. The van der Waals surface area contributed by atoms with E-state index in [0.717, 1.165) is 36.9 Å². The van der Waals surface area contributed by atoms with Crippen molar-refractivity contribution >= 4 is 75.6 Å².